The molecule has 22 heavy (non-hydrogen) atoms. The number of hydrogen-bond acceptors (Lipinski definition) is 3. The van der Waals surface area contributed by atoms with Gasteiger partial charge in [-0.25, -0.2) is 4.79 Å². The maximum atomic E-state index is 12.2. The van der Waals surface area contributed by atoms with Crippen LogP contribution in [0, 0.1) is 5.92 Å². The van der Waals surface area contributed by atoms with Crippen molar-refractivity contribution < 1.29 is 9.53 Å². The van der Waals surface area contributed by atoms with Crippen molar-refractivity contribution in [1.82, 2.24) is 10.2 Å². The molecule has 0 bridgehead atoms. The summed E-state index contributed by atoms with van der Waals surface area (Å²) < 4.78 is 5.48. The first-order valence-electron chi connectivity index (χ1n) is 9.11. The fraction of sp³-hybridized carbons (Fsp3) is 0.944. The number of nitrogens with one attached hydrogen (secondary N) is 1. The summed E-state index contributed by atoms with van der Waals surface area (Å²) in [6.07, 6.45) is 9.06. The van der Waals surface area contributed by atoms with Crippen LogP contribution in [-0.2, 0) is 4.74 Å². The zero-order chi connectivity index (χ0) is 16.4. The van der Waals surface area contributed by atoms with Gasteiger partial charge >= 0.3 is 6.09 Å². The predicted molar refractivity (Wildman–Crippen MR) is 92.2 cm³/mol. The summed E-state index contributed by atoms with van der Waals surface area (Å²) in [6, 6.07) is 0. The molecule has 0 radical (unpaired) electrons. The van der Waals surface area contributed by atoms with Crippen LogP contribution in [0.1, 0.15) is 72.6 Å². The standard InChI is InChI=1S/C18H36N2O2/c1-5-13-20(17(21)22-18(2,3)4)14-12-19-15-16-10-8-6-7-9-11-16/h16,19H,5-15H2,1-4H3. The highest BCUT2D eigenvalue weighted by atomic mass is 16.6. The molecule has 0 spiro atoms. The van der Waals surface area contributed by atoms with Crippen molar-refractivity contribution in [2.45, 2.75) is 78.2 Å². The van der Waals surface area contributed by atoms with Crippen LogP contribution in [0.25, 0.3) is 0 Å². The minimum atomic E-state index is -0.420. The molecule has 0 aliphatic heterocycles. The highest BCUT2D eigenvalue weighted by Crippen LogP contribution is 2.21. The SMILES string of the molecule is CCCN(CCNCC1CCCCCC1)C(=O)OC(C)(C)C. The van der Waals surface area contributed by atoms with E-state index in [-0.39, 0.29) is 6.09 Å². The van der Waals surface area contributed by atoms with Crippen molar-refractivity contribution in [2.24, 2.45) is 5.92 Å². The van der Waals surface area contributed by atoms with E-state index in [9.17, 15) is 4.79 Å². The Morgan fingerprint density at radius 3 is 2.32 bits per heavy atom. The first-order chi connectivity index (χ1) is 10.4. The molecule has 1 amide bonds. The lowest BCUT2D eigenvalue weighted by Crippen LogP contribution is -2.41. The van der Waals surface area contributed by atoms with Crippen molar-refractivity contribution in [1.29, 1.82) is 0 Å². The Hall–Kier alpha value is -0.770. The molecule has 0 saturated heterocycles. The topological polar surface area (TPSA) is 41.6 Å². The van der Waals surface area contributed by atoms with Crippen molar-refractivity contribution in [3.05, 3.63) is 0 Å². The monoisotopic (exact) mass is 312 g/mol. The molecule has 1 fully saturated rings. The lowest BCUT2D eigenvalue weighted by Gasteiger charge is -2.27. The first kappa shape index (κ1) is 19.3. The minimum absolute atomic E-state index is 0.189. The zero-order valence-electron chi connectivity index (χ0n) is 15.1. The fourth-order valence-corrected chi connectivity index (χ4v) is 2.98. The Kier molecular flexibility index (Phi) is 8.84. The fourth-order valence-electron chi connectivity index (χ4n) is 2.98. The van der Waals surface area contributed by atoms with E-state index < -0.39 is 5.60 Å². The lowest BCUT2D eigenvalue weighted by molar-refractivity contribution is 0.0251. The van der Waals surface area contributed by atoms with Crippen LogP contribution in [0.4, 0.5) is 4.79 Å². The van der Waals surface area contributed by atoms with E-state index >= 15 is 0 Å². The molecule has 1 aliphatic rings. The third kappa shape index (κ3) is 8.62. The van der Waals surface area contributed by atoms with Gasteiger partial charge in [0.1, 0.15) is 5.60 Å². The summed E-state index contributed by atoms with van der Waals surface area (Å²) in [5.41, 5.74) is -0.420. The van der Waals surface area contributed by atoms with Crippen LogP contribution in [0.15, 0.2) is 0 Å². The van der Waals surface area contributed by atoms with Gasteiger partial charge in [-0.15, -0.1) is 0 Å². The number of nitrogens with zero attached hydrogens (tertiary/aromatic N) is 1. The van der Waals surface area contributed by atoms with Gasteiger partial charge in [0.05, 0.1) is 0 Å². The number of carbonyl (C=O) groups is 1. The molecule has 4 heteroatoms. The minimum Gasteiger partial charge on any atom is -0.444 e. The van der Waals surface area contributed by atoms with Crippen LogP contribution >= 0.6 is 0 Å². The van der Waals surface area contributed by atoms with E-state index in [1.165, 1.54) is 38.5 Å². The van der Waals surface area contributed by atoms with Crippen LogP contribution < -0.4 is 5.32 Å². The molecule has 0 heterocycles. The Balaban J connectivity index is 2.26. The number of ether oxygens (including phenoxy) is 1. The van der Waals surface area contributed by atoms with Crippen molar-refractivity contribution in [2.75, 3.05) is 26.2 Å². The second kappa shape index (κ2) is 10.1. The van der Waals surface area contributed by atoms with E-state index in [4.69, 9.17) is 4.74 Å². The van der Waals surface area contributed by atoms with Gasteiger partial charge in [0.2, 0.25) is 0 Å². The van der Waals surface area contributed by atoms with Gasteiger partial charge in [-0.2, -0.15) is 0 Å². The van der Waals surface area contributed by atoms with Crippen molar-refractivity contribution >= 4 is 6.09 Å². The van der Waals surface area contributed by atoms with Crippen LogP contribution in [-0.4, -0.2) is 42.8 Å². The van der Waals surface area contributed by atoms with Gasteiger partial charge in [-0.05, 0) is 52.5 Å². The zero-order valence-corrected chi connectivity index (χ0v) is 15.1. The number of hydrogen-bond donors (Lipinski definition) is 1. The highest BCUT2D eigenvalue weighted by Gasteiger charge is 2.21. The van der Waals surface area contributed by atoms with E-state index in [2.05, 4.69) is 12.2 Å². The Bertz CT molecular complexity index is 305. The summed E-state index contributed by atoms with van der Waals surface area (Å²) >= 11 is 0. The van der Waals surface area contributed by atoms with Crippen LogP contribution in [0.5, 0.6) is 0 Å². The van der Waals surface area contributed by atoms with Gasteiger partial charge in [-0.3, -0.25) is 0 Å². The quantitative estimate of drug-likeness (QED) is 0.566. The molecule has 0 aromatic heterocycles. The van der Waals surface area contributed by atoms with Crippen LogP contribution in [0.2, 0.25) is 0 Å². The van der Waals surface area contributed by atoms with Gasteiger partial charge in [0.25, 0.3) is 0 Å². The Morgan fingerprint density at radius 1 is 1.14 bits per heavy atom. The molecule has 0 aromatic carbocycles. The van der Waals surface area contributed by atoms with E-state index in [1.54, 1.807) is 0 Å². The average Bonchev–Trinajstić information content (AvgIpc) is 2.69. The summed E-state index contributed by atoms with van der Waals surface area (Å²) in [5.74, 6) is 0.823. The largest absolute Gasteiger partial charge is 0.444 e. The van der Waals surface area contributed by atoms with Crippen molar-refractivity contribution in [3.8, 4) is 0 Å². The molecule has 1 aliphatic carbocycles. The molecule has 1 rings (SSSR count). The van der Waals surface area contributed by atoms with E-state index in [0.717, 1.165) is 38.5 Å². The number of amides is 1. The third-order valence-corrected chi connectivity index (χ3v) is 4.11. The molecule has 4 nitrogen and oxygen atoms in total. The molecule has 0 atom stereocenters. The van der Waals surface area contributed by atoms with Gasteiger partial charge in [-0.1, -0.05) is 32.6 Å². The van der Waals surface area contributed by atoms with E-state index in [1.807, 2.05) is 25.7 Å². The van der Waals surface area contributed by atoms with E-state index in [0.29, 0.717) is 0 Å². The van der Waals surface area contributed by atoms with Gasteiger partial charge < -0.3 is 15.0 Å². The normalized spacial score (nSPS) is 17.1. The Labute approximate surface area is 137 Å². The average molecular weight is 312 g/mol. The molecular weight excluding hydrogens is 276 g/mol. The predicted octanol–water partition coefficient (Wildman–Crippen LogP) is 4.19. The summed E-state index contributed by atoms with van der Waals surface area (Å²) in [5, 5.41) is 3.54. The second-order valence-electron chi connectivity index (χ2n) is 7.53. The molecule has 1 N–H and O–H groups in total. The summed E-state index contributed by atoms with van der Waals surface area (Å²) in [4.78, 5) is 14.0. The maximum absolute atomic E-state index is 12.2. The molecule has 1 saturated carbocycles. The van der Waals surface area contributed by atoms with Crippen LogP contribution in [0.3, 0.4) is 0 Å². The van der Waals surface area contributed by atoms with Gasteiger partial charge in [0, 0.05) is 19.6 Å². The Morgan fingerprint density at radius 2 is 1.77 bits per heavy atom. The highest BCUT2D eigenvalue weighted by molar-refractivity contribution is 5.68. The summed E-state index contributed by atoms with van der Waals surface area (Å²) in [7, 11) is 0. The molecule has 0 unspecified atom stereocenters. The smallest absolute Gasteiger partial charge is 0.410 e. The third-order valence-electron chi connectivity index (χ3n) is 4.11. The first-order valence-corrected chi connectivity index (χ1v) is 9.11. The summed E-state index contributed by atoms with van der Waals surface area (Å²) in [6.45, 7) is 11.3. The second-order valence-corrected chi connectivity index (χ2v) is 7.53. The lowest BCUT2D eigenvalue weighted by atomic mass is 10.0. The molecule has 130 valence electrons. The maximum Gasteiger partial charge on any atom is 0.410 e. The number of carbonyl (C=O) groups excluding carboxylic acids is 1. The molecular formula is C18H36N2O2. The van der Waals surface area contributed by atoms with Crippen molar-refractivity contribution in [3.63, 3.8) is 0 Å². The number of rotatable bonds is 7. The van der Waals surface area contributed by atoms with Gasteiger partial charge in [0.15, 0.2) is 0 Å². The molecule has 0 aromatic rings.